The Morgan fingerprint density at radius 2 is 1.96 bits per heavy atom. The second-order valence-electron chi connectivity index (χ2n) is 7.01. The van der Waals surface area contributed by atoms with Crippen LogP contribution in [-0.2, 0) is 11.2 Å². The molecule has 0 aliphatic heterocycles. The molecule has 6 heteroatoms. The van der Waals surface area contributed by atoms with Gasteiger partial charge >= 0.3 is 0 Å². The van der Waals surface area contributed by atoms with E-state index in [1.54, 1.807) is 6.07 Å². The van der Waals surface area contributed by atoms with Crippen LogP contribution in [0, 0.1) is 5.92 Å². The van der Waals surface area contributed by atoms with E-state index in [2.05, 4.69) is 10.3 Å². The van der Waals surface area contributed by atoms with E-state index in [1.807, 2.05) is 0 Å². The Kier molecular flexibility index (Phi) is 5.02. The van der Waals surface area contributed by atoms with Crippen molar-refractivity contribution < 1.29 is 9.59 Å². The van der Waals surface area contributed by atoms with E-state index in [4.69, 9.17) is 5.73 Å². The first-order chi connectivity index (χ1) is 11.5. The summed E-state index contributed by atoms with van der Waals surface area (Å²) in [5.74, 6) is -0.00489. The van der Waals surface area contributed by atoms with Gasteiger partial charge in [-0.05, 0) is 43.2 Å². The van der Waals surface area contributed by atoms with Crippen molar-refractivity contribution >= 4 is 11.8 Å². The van der Waals surface area contributed by atoms with E-state index in [1.165, 1.54) is 25.7 Å². The van der Waals surface area contributed by atoms with Gasteiger partial charge < -0.3 is 16.0 Å². The number of aromatic amines is 1. The zero-order valence-corrected chi connectivity index (χ0v) is 13.9. The van der Waals surface area contributed by atoms with Crippen molar-refractivity contribution in [1.82, 2.24) is 10.3 Å². The van der Waals surface area contributed by atoms with Crippen LogP contribution in [0.4, 0.5) is 0 Å². The molecular formula is C18H25N3O3. The first-order valence-electron chi connectivity index (χ1n) is 8.90. The lowest BCUT2D eigenvalue weighted by atomic mass is 9.90. The Morgan fingerprint density at radius 3 is 2.67 bits per heavy atom. The lowest BCUT2D eigenvalue weighted by Gasteiger charge is -2.26. The molecule has 1 atom stereocenters. The maximum absolute atomic E-state index is 12.3. The number of H-pyrrole nitrogens is 1. The minimum atomic E-state index is -0.740. The first-order valence-corrected chi connectivity index (χ1v) is 8.90. The molecule has 1 unspecified atom stereocenters. The SMILES string of the molecule is NC(=O)c1cc2c([nH]c1=O)CCCC2NC(=O)CCC1CCCC1. The topological polar surface area (TPSA) is 105 Å². The molecule has 2 amide bonds. The number of rotatable bonds is 5. The van der Waals surface area contributed by atoms with Crippen LogP contribution in [0.25, 0.3) is 0 Å². The van der Waals surface area contributed by atoms with Crippen molar-refractivity contribution in [3.8, 4) is 0 Å². The van der Waals surface area contributed by atoms with Crippen LogP contribution in [0.5, 0.6) is 0 Å². The lowest BCUT2D eigenvalue weighted by molar-refractivity contribution is -0.122. The van der Waals surface area contributed by atoms with E-state index in [0.717, 1.165) is 36.9 Å². The molecule has 0 spiro atoms. The number of primary amides is 1. The minimum absolute atomic E-state index is 0.0409. The number of fused-ring (bicyclic) bond motifs is 1. The number of aryl methyl sites for hydroxylation is 1. The number of nitrogens with one attached hydrogen (secondary N) is 2. The van der Waals surface area contributed by atoms with Crippen molar-refractivity contribution in [2.75, 3.05) is 0 Å². The molecule has 3 rings (SSSR count). The molecular weight excluding hydrogens is 306 g/mol. The molecule has 2 aliphatic carbocycles. The second kappa shape index (κ2) is 7.20. The Morgan fingerprint density at radius 1 is 1.21 bits per heavy atom. The normalized spacial score (nSPS) is 20.6. The molecule has 0 radical (unpaired) electrons. The van der Waals surface area contributed by atoms with E-state index in [0.29, 0.717) is 12.3 Å². The Labute approximate surface area is 141 Å². The number of hydrogen-bond acceptors (Lipinski definition) is 3. The highest BCUT2D eigenvalue weighted by molar-refractivity contribution is 5.92. The largest absolute Gasteiger partial charge is 0.365 e. The molecule has 2 aliphatic rings. The summed E-state index contributed by atoms with van der Waals surface area (Å²) < 4.78 is 0. The van der Waals surface area contributed by atoms with Gasteiger partial charge in [0.05, 0.1) is 6.04 Å². The molecule has 1 saturated carbocycles. The van der Waals surface area contributed by atoms with Crippen LogP contribution in [-0.4, -0.2) is 16.8 Å². The molecule has 1 fully saturated rings. The number of hydrogen-bond donors (Lipinski definition) is 3. The van der Waals surface area contributed by atoms with E-state index in [-0.39, 0.29) is 17.5 Å². The molecule has 0 bridgehead atoms. The van der Waals surface area contributed by atoms with Crippen molar-refractivity contribution in [2.24, 2.45) is 11.7 Å². The Bertz CT molecular complexity index is 689. The first kappa shape index (κ1) is 16.7. The summed E-state index contributed by atoms with van der Waals surface area (Å²) in [5.41, 5.74) is 6.40. The molecule has 24 heavy (non-hydrogen) atoms. The van der Waals surface area contributed by atoms with Crippen LogP contribution >= 0.6 is 0 Å². The molecule has 130 valence electrons. The third-order valence-corrected chi connectivity index (χ3v) is 5.31. The predicted octanol–water partition coefficient (Wildman–Crippen LogP) is 1.94. The fourth-order valence-corrected chi connectivity index (χ4v) is 3.97. The summed E-state index contributed by atoms with van der Waals surface area (Å²) >= 11 is 0. The maximum atomic E-state index is 12.3. The molecule has 0 saturated heterocycles. The van der Waals surface area contributed by atoms with E-state index >= 15 is 0 Å². The second-order valence-corrected chi connectivity index (χ2v) is 7.01. The number of amides is 2. The van der Waals surface area contributed by atoms with Crippen molar-refractivity contribution in [1.29, 1.82) is 0 Å². The molecule has 4 N–H and O–H groups in total. The average molecular weight is 331 g/mol. The van der Waals surface area contributed by atoms with Crippen molar-refractivity contribution in [3.05, 3.63) is 33.2 Å². The molecule has 6 nitrogen and oxygen atoms in total. The third-order valence-electron chi connectivity index (χ3n) is 5.31. The van der Waals surface area contributed by atoms with Crippen molar-refractivity contribution in [3.63, 3.8) is 0 Å². The molecule has 1 aromatic rings. The highest BCUT2D eigenvalue weighted by atomic mass is 16.2. The van der Waals surface area contributed by atoms with Gasteiger partial charge in [0.15, 0.2) is 0 Å². The standard InChI is InChI=1S/C18H25N3O3/c19-17(23)13-10-12-14(6-3-7-15(12)21-18(13)24)20-16(22)9-8-11-4-1-2-5-11/h10-11,14H,1-9H2,(H2,19,23)(H,20,22)(H,21,24). The van der Waals surface area contributed by atoms with Gasteiger partial charge in [0.2, 0.25) is 5.91 Å². The average Bonchev–Trinajstić information content (AvgIpc) is 3.05. The predicted molar refractivity (Wildman–Crippen MR) is 90.6 cm³/mol. The van der Waals surface area contributed by atoms with Gasteiger partial charge in [-0.1, -0.05) is 25.7 Å². The number of aromatic nitrogens is 1. The Balaban J connectivity index is 1.69. The number of nitrogens with two attached hydrogens (primary N) is 1. The summed E-state index contributed by atoms with van der Waals surface area (Å²) in [4.78, 5) is 38.3. The highest BCUT2D eigenvalue weighted by Crippen LogP contribution is 2.30. The quantitative estimate of drug-likeness (QED) is 0.767. The lowest BCUT2D eigenvalue weighted by Crippen LogP contribution is -2.34. The van der Waals surface area contributed by atoms with Gasteiger partial charge in [-0.25, -0.2) is 0 Å². The van der Waals surface area contributed by atoms with Gasteiger partial charge in [0.1, 0.15) is 5.56 Å². The summed E-state index contributed by atoms with van der Waals surface area (Å²) in [6, 6.07) is 1.40. The monoisotopic (exact) mass is 331 g/mol. The summed E-state index contributed by atoms with van der Waals surface area (Å²) in [6.07, 6.45) is 8.99. The number of pyridine rings is 1. The smallest absolute Gasteiger partial charge is 0.261 e. The van der Waals surface area contributed by atoms with Gasteiger partial charge in [0, 0.05) is 12.1 Å². The van der Waals surface area contributed by atoms with Gasteiger partial charge in [-0.15, -0.1) is 0 Å². The fraction of sp³-hybridized carbons (Fsp3) is 0.611. The van der Waals surface area contributed by atoms with Crippen LogP contribution in [0.3, 0.4) is 0 Å². The molecule has 1 aromatic heterocycles. The number of carbonyl (C=O) groups is 2. The fourth-order valence-electron chi connectivity index (χ4n) is 3.97. The van der Waals surface area contributed by atoms with Gasteiger partial charge in [-0.2, -0.15) is 0 Å². The van der Waals surface area contributed by atoms with Crippen LogP contribution < -0.4 is 16.6 Å². The van der Waals surface area contributed by atoms with Crippen LogP contribution in [0.1, 0.15) is 79.0 Å². The maximum Gasteiger partial charge on any atom is 0.261 e. The summed E-state index contributed by atoms with van der Waals surface area (Å²) in [5, 5.41) is 3.07. The van der Waals surface area contributed by atoms with E-state index < -0.39 is 11.5 Å². The summed E-state index contributed by atoms with van der Waals surface area (Å²) in [6.45, 7) is 0. The zero-order valence-electron chi connectivity index (χ0n) is 13.9. The van der Waals surface area contributed by atoms with E-state index in [9.17, 15) is 14.4 Å². The summed E-state index contributed by atoms with van der Waals surface area (Å²) in [7, 11) is 0. The minimum Gasteiger partial charge on any atom is -0.365 e. The van der Waals surface area contributed by atoms with Crippen molar-refractivity contribution in [2.45, 2.75) is 63.8 Å². The van der Waals surface area contributed by atoms with Crippen LogP contribution in [0.15, 0.2) is 10.9 Å². The zero-order chi connectivity index (χ0) is 17.1. The highest BCUT2D eigenvalue weighted by Gasteiger charge is 2.25. The number of carbonyl (C=O) groups excluding carboxylic acids is 2. The van der Waals surface area contributed by atoms with Gasteiger partial charge in [0.25, 0.3) is 11.5 Å². The molecule has 1 heterocycles. The Hall–Kier alpha value is -2.11. The van der Waals surface area contributed by atoms with Gasteiger partial charge in [-0.3, -0.25) is 14.4 Å². The third kappa shape index (κ3) is 3.68. The van der Waals surface area contributed by atoms with Crippen LogP contribution in [0.2, 0.25) is 0 Å². The molecule has 0 aromatic carbocycles.